The monoisotopic (exact) mass is 503 g/mol. The molecule has 38 heavy (non-hydrogen) atoms. The molecule has 2 heterocycles. The number of aldehydes is 1. The minimum atomic E-state index is 0.134. The van der Waals surface area contributed by atoms with Crippen LogP contribution in [0.2, 0.25) is 0 Å². The standard InChI is InChI=1S/C29H19N3O4.C2H6/c30-15-19-3-1-4-20(13-19)18-36-29-22(17-33)7-9-26(32-29)24-6-2-5-23(25(24)16-31)21-8-10-27-28(14-21)35-12-11-34-27;1-2/h1-10,13-14,17H,11-12,18H2;1-2H3. The van der Waals surface area contributed by atoms with Crippen LogP contribution in [0.1, 0.15) is 40.9 Å². The Morgan fingerprint density at radius 2 is 1.66 bits per heavy atom. The van der Waals surface area contributed by atoms with E-state index in [0.717, 1.165) is 16.7 Å². The van der Waals surface area contributed by atoms with Gasteiger partial charge < -0.3 is 14.2 Å². The van der Waals surface area contributed by atoms with Crippen molar-refractivity contribution < 1.29 is 19.0 Å². The molecule has 0 aliphatic carbocycles. The molecule has 0 fully saturated rings. The van der Waals surface area contributed by atoms with Crippen LogP contribution in [0.15, 0.2) is 72.8 Å². The second-order valence-electron chi connectivity index (χ2n) is 8.01. The van der Waals surface area contributed by atoms with E-state index in [1.54, 1.807) is 30.3 Å². The van der Waals surface area contributed by atoms with E-state index in [9.17, 15) is 10.1 Å². The van der Waals surface area contributed by atoms with Crippen molar-refractivity contribution in [3.8, 4) is 51.9 Å². The van der Waals surface area contributed by atoms with Gasteiger partial charge in [0, 0.05) is 11.1 Å². The third-order valence-corrected chi connectivity index (χ3v) is 5.75. The zero-order chi connectivity index (χ0) is 26.9. The van der Waals surface area contributed by atoms with Gasteiger partial charge in [-0.05, 0) is 47.5 Å². The van der Waals surface area contributed by atoms with Gasteiger partial charge in [0.1, 0.15) is 25.9 Å². The van der Waals surface area contributed by atoms with Crippen molar-refractivity contribution in [2.24, 2.45) is 0 Å². The number of fused-ring (bicyclic) bond motifs is 1. The third kappa shape index (κ3) is 5.48. The van der Waals surface area contributed by atoms with E-state index < -0.39 is 0 Å². The molecule has 7 heteroatoms. The van der Waals surface area contributed by atoms with Crippen molar-refractivity contribution in [3.05, 3.63) is 95.1 Å². The number of nitriles is 2. The molecule has 0 spiro atoms. The average Bonchev–Trinajstić information content (AvgIpc) is 3.00. The summed E-state index contributed by atoms with van der Waals surface area (Å²) in [6.07, 6.45) is 0.675. The number of rotatable bonds is 6. The number of carbonyl (C=O) groups is 1. The lowest BCUT2D eigenvalue weighted by molar-refractivity contribution is 0.111. The highest BCUT2D eigenvalue weighted by molar-refractivity contribution is 5.84. The Balaban J connectivity index is 0.00000164. The number of hydrogen-bond acceptors (Lipinski definition) is 7. The molecule has 0 unspecified atom stereocenters. The van der Waals surface area contributed by atoms with Crippen molar-refractivity contribution >= 4 is 6.29 Å². The van der Waals surface area contributed by atoms with Gasteiger partial charge in [-0.1, -0.05) is 50.2 Å². The minimum Gasteiger partial charge on any atom is -0.486 e. The fourth-order valence-corrected chi connectivity index (χ4v) is 4.03. The van der Waals surface area contributed by atoms with Gasteiger partial charge in [0.25, 0.3) is 0 Å². The number of benzene rings is 3. The Labute approximate surface area is 221 Å². The van der Waals surface area contributed by atoms with Gasteiger partial charge in [-0.3, -0.25) is 4.79 Å². The van der Waals surface area contributed by atoms with Crippen LogP contribution in [-0.4, -0.2) is 24.5 Å². The summed E-state index contributed by atoms with van der Waals surface area (Å²) in [5.41, 5.74) is 4.67. The van der Waals surface area contributed by atoms with Gasteiger partial charge >= 0.3 is 0 Å². The lowest BCUT2D eigenvalue weighted by atomic mass is 9.94. The summed E-state index contributed by atoms with van der Waals surface area (Å²) in [6.45, 7) is 5.11. The highest BCUT2D eigenvalue weighted by Gasteiger charge is 2.18. The zero-order valence-corrected chi connectivity index (χ0v) is 21.1. The predicted octanol–water partition coefficient (Wildman–Crippen LogP) is 6.35. The van der Waals surface area contributed by atoms with Crippen molar-refractivity contribution in [1.82, 2.24) is 4.98 Å². The Bertz CT molecular complexity index is 1550. The van der Waals surface area contributed by atoms with Crippen LogP contribution in [0.3, 0.4) is 0 Å². The van der Waals surface area contributed by atoms with Crippen molar-refractivity contribution in [1.29, 1.82) is 10.5 Å². The van der Waals surface area contributed by atoms with Crippen LogP contribution in [-0.2, 0) is 6.61 Å². The van der Waals surface area contributed by atoms with Gasteiger partial charge in [0.15, 0.2) is 17.8 Å². The van der Waals surface area contributed by atoms with Crippen LogP contribution in [0.25, 0.3) is 22.4 Å². The Morgan fingerprint density at radius 1 is 0.895 bits per heavy atom. The number of aromatic nitrogens is 1. The van der Waals surface area contributed by atoms with E-state index in [1.165, 1.54) is 0 Å². The molecule has 188 valence electrons. The predicted molar refractivity (Wildman–Crippen MR) is 143 cm³/mol. The minimum absolute atomic E-state index is 0.134. The lowest BCUT2D eigenvalue weighted by Gasteiger charge is -2.19. The fraction of sp³-hybridized carbons (Fsp3) is 0.161. The van der Waals surface area contributed by atoms with E-state index in [1.807, 2.05) is 56.3 Å². The summed E-state index contributed by atoms with van der Waals surface area (Å²) >= 11 is 0. The van der Waals surface area contributed by atoms with Gasteiger partial charge in [0.05, 0.1) is 28.5 Å². The molecule has 0 bridgehead atoms. The normalized spacial score (nSPS) is 11.3. The first kappa shape index (κ1) is 25.9. The van der Waals surface area contributed by atoms with Crippen molar-refractivity contribution in [2.75, 3.05) is 13.2 Å². The molecule has 1 aromatic heterocycles. The third-order valence-electron chi connectivity index (χ3n) is 5.75. The lowest BCUT2D eigenvalue weighted by Crippen LogP contribution is -2.15. The highest BCUT2D eigenvalue weighted by atomic mass is 16.6. The Hall–Kier alpha value is -5.14. The number of hydrogen-bond donors (Lipinski definition) is 0. The Morgan fingerprint density at radius 3 is 2.42 bits per heavy atom. The summed E-state index contributed by atoms with van der Waals surface area (Å²) in [4.78, 5) is 16.2. The molecular formula is C31H25N3O4. The van der Waals surface area contributed by atoms with Crippen LogP contribution >= 0.6 is 0 Å². The topological polar surface area (TPSA) is 105 Å². The molecule has 3 aromatic carbocycles. The second-order valence-corrected chi connectivity index (χ2v) is 8.01. The van der Waals surface area contributed by atoms with E-state index in [4.69, 9.17) is 19.5 Å². The summed E-state index contributed by atoms with van der Waals surface area (Å²) in [5, 5.41) is 19.2. The molecule has 0 saturated heterocycles. The first-order valence-corrected chi connectivity index (χ1v) is 12.2. The van der Waals surface area contributed by atoms with Crippen LogP contribution in [0.5, 0.6) is 17.4 Å². The molecule has 0 radical (unpaired) electrons. The molecule has 0 amide bonds. The van der Waals surface area contributed by atoms with Gasteiger partial charge in [-0.2, -0.15) is 10.5 Å². The van der Waals surface area contributed by atoms with Crippen molar-refractivity contribution in [3.63, 3.8) is 0 Å². The molecular weight excluding hydrogens is 478 g/mol. The van der Waals surface area contributed by atoms with E-state index >= 15 is 0 Å². The second kappa shape index (κ2) is 12.2. The van der Waals surface area contributed by atoms with Gasteiger partial charge in [0.2, 0.25) is 5.88 Å². The molecule has 0 saturated carbocycles. The molecule has 4 aromatic rings. The smallest absolute Gasteiger partial charge is 0.225 e. The van der Waals surface area contributed by atoms with Crippen LogP contribution in [0.4, 0.5) is 0 Å². The van der Waals surface area contributed by atoms with E-state index in [2.05, 4.69) is 17.1 Å². The van der Waals surface area contributed by atoms with Crippen LogP contribution in [0, 0.1) is 22.7 Å². The molecule has 1 aliphatic heterocycles. The molecule has 7 nitrogen and oxygen atoms in total. The molecule has 1 aliphatic rings. The number of ether oxygens (including phenoxy) is 3. The number of pyridine rings is 1. The average molecular weight is 504 g/mol. The summed E-state index contributed by atoms with van der Waals surface area (Å²) in [7, 11) is 0. The maximum Gasteiger partial charge on any atom is 0.225 e. The number of carbonyl (C=O) groups excluding carboxylic acids is 1. The number of nitrogens with zero attached hydrogens (tertiary/aromatic N) is 3. The SMILES string of the molecule is CC.N#Cc1cccc(COc2nc(-c3cccc(-c4ccc5c(c4)OCCO5)c3C#N)ccc2C=O)c1. The largest absolute Gasteiger partial charge is 0.486 e. The summed E-state index contributed by atoms with van der Waals surface area (Å²) in [6, 6.07) is 25.8. The van der Waals surface area contributed by atoms with Gasteiger partial charge in [-0.25, -0.2) is 4.98 Å². The molecule has 0 N–H and O–H groups in total. The van der Waals surface area contributed by atoms with Gasteiger partial charge in [-0.15, -0.1) is 0 Å². The first-order valence-electron chi connectivity index (χ1n) is 12.2. The maximum atomic E-state index is 11.6. The fourth-order valence-electron chi connectivity index (χ4n) is 4.03. The molecule has 0 atom stereocenters. The summed E-state index contributed by atoms with van der Waals surface area (Å²) in [5.74, 6) is 1.46. The van der Waals surface area contributed by atoms with Crippen LogP contribution < -0.4 is 14.2 Å². The quantitative estimate of drug-likeness (QED) is 0.282. The van der Waals surface area contributed by atoms with E-state index in [0.29, 0.717) is 53.4 Å². The first-order chi connectivity index (χ1) is 18.7. The zero-order valence-electron chi connectivity index (χ0n) is 21.1. The Kier molecular flexibility index (Phi) is 8.33. The maximum absolute atomic E-state index is 11.6. The van der Waals surface area contributed by atoms with E-state index in [-0.39, 0.29) is 18.1 Å². The summed E-state index contributed by atoms with van der Waals surface area (Å²) < 4.78 is 17.2. The molecule has 5 rings (SSSR count). The van der Waals surface area contributed by atoms with Crippen molar-refractivity contribution in [2.45, 2.75) is 20.5 Å². The highest BCUT2D eigenvalue weighted by Crippen LogP contribution is 2.38.